The summed E-state index contributed by atoms with van der Waals surface area (Å²) in [5, 5.41) is 2.27. The topological polar surface area (TPSA) is 106 Å². The van der Waals surface area contributed by atoms with Crippen molar-refractivity contribution >= 4 is 35.1 Å². The van der Waals surface area contributed by atoms with Gasteiger partial charge in [0, 0.05) is 6.42 Å². The largest absolute Gasteiger partial charge is 0.484 e. The van der Waals surface area contributed by atoms with Gasteiger partial charge < -0.3 is 14.8 Å². The zero-order valence-electron chi connectivity index (χ0n) is 16.4. The lowest BCUT2D eigenvalue weighted by molar-refractivity contribution is -0.144. The lowest BCUT2D eigenvalue weighted by Crippen LogP contribution is -2.49. The van der Waals surface area contributed by atoms with E-state index in [1.165, 1.54) is 5.56 Å². The number of ether oxygens (including phenoxy) is 2. The number of rotatable bonds is 9. The van der Waals surface area contributed by atoms with E-state index in [0.717, 1.165) is 6.42 Å². The molecule has 0 heterocycles. The maximum Gasteiger partial charge on any atom is 0.306 e. The number of hydrogen-bond donors (Lipinski definition) is 3. The molecule has 0 saturated carbocycles. The van der Waals surface area contributed by atoms with Crippen LogP contribution in [0.1, 0.15) is 51.5 Å². The van der Waals surface area contributed by atoms with Crippen LogP contribution in [0.4, 0.5) is 0 Å². The monoisotopic (exact) mass is 409 g/mol. The molecule has 3 N–H and O–H groups in total. The molecular formula is C19H27N3O5S. The Kier molecular flexibility index (Phi) is 10.6. The highest BCUT2D eigenvalue weighted by Gasteiger charge is 2.10. The van der Waals surface area contributed by atoms with Gasteiger partial charge >= 0.3 is 5.97 Å². The van der Waals surface area contributed by atoms with E-state index in [9.17, 15) is 14.4 Å². The average Bonchev–Trinajstić information content (AvgIpc) is 2.67. The van der Waals surface area contributed by atoms with Crippen molar-refractivity contribution in [3.8, 4) is 5.75 Å². The Hall–Kier alpha value is -2.68. The Labute approximate surface area is 170 Å². The molecule has 9 heteroatoms. The molecule has 0 fully saturated rings. The second-order valence-corrected chi connectivity index (χ2v) is 6.69. The first-order valence-corrected chi connectivity index (χ1v) is 9.49. The highest BCUT2D eigenvalue weighted by molar-refractivity contribution is 7.80. The van der Waals surface area contributed by atoms with Crippen LogP contribution in [0, 0.1) is 0 Å². The van der Waals surface area contributed by atoms with Gasteiger partial charge in [0.1, 0.15) is 5.75 Å². The molecule has 0 unspecified atom stereocenters. The van der Waals surface area contributed by atoms with Gasteiger partial charge in [0.25, 0.3) is 5.91 Å². The van der Waals surface area contributed by atoms with Crippen LogP contribution >= 0.6 is 12.2 Å². The van der Waals surface area contributed by atoms with E-state index in [1.54, 1.807) is 12.1 Å². The Morgan fingerprint density at radius 2 is 1.71 bits per heavy atom. The highest BCUT2D eigenvalue weighted by atomic mass is 32.1. The van der Waals surface area contributed by atoms with Gasteiger partial charge in [0.05, 0.1) is 13.0 Å². The SMILES string of the molecule is CCCOC(=O)CCC(=O)NC(=S)NNC(=O)COc1ccc(C(C)C)cc1. The molecular weight excluding hydrogens is 382 g/mol. The lowest BCUT2D eigenvalue weighted by atomic mass is 10.0. The minimum atomic E-state index is -0.465. The zero-order valence-corrected chi connectivity index (χ0v) is 17.2. The van der Waals surface area contributed by atoms with Crippen LogP contribution in [-0.2, 0) is 19.1 Å². The number of hydrogen-bond acceptors (Lipinski definition) is 6. The smallest absolute Gasteiger partial charge is 0.306 e. The summed E-state index contributed by atoms with van der Waals surface area (Å²) in [6.07, 6.45) is 0.622. The fourth-order valence-electron chi connectivity index (χ4n) is 1.98. The second-order valence-electron chi connectivity index (χ2n) is 6.28. The van der Waals surface area contributed by atoms with Crippen molar-refractivity contribution in [2.45, 2.75) is 46.0 Å². The number of carbonyl (C=O) groups excluding carboxylic acids is 3. The first-order valence-electron chi connectivity index (χ1n) is 9.08. The van der Waals surface area contributed by atoms with Crippen molar-refractivity contribution < 1.29 is 23.9 Å². The van der Waals surface area contributed by atoms with Gasteiger partial charge in [0.15, 0.2) is 11.7 Å². The summed E-state index contributed by atoms with van der Waals surface area (Å²) in [7, 11) is 0. The Morgan fingerprint density at radius 1 is 1.04 bits per heavy atom. The summed E-state index contributed by atoms with van der Waals surface area (Å²) in [5.74, 6) is -0.373. The van der Waals surface area contributed by atoms with E-state index in [4.69, 9.17) is 21.7 Å². The molecule has 0 aliphatic rings. The van der Waals surface area contributed by atoms with E-state index < -0.39 is 17.8 Å². The third-order valence-electron chi connectivity index (χ3n) is 3.51. The van der Waals surface area contributed by atoms with E-state index in [-0.39, 0.29) is 24.6 Å². The molecule has 28 heavy (non-hydrogen) atoms. The summed E-state index contributed by atoms with van der Waals surface area (Å²) in [6, 6.07) is 7.48. The number of benzene rings is 1. The molecule has 8 nitrogen and oxygen atoms in total. The maximum absolute atomic E-state index is 11.8. The summed E-state index contributed by atoms with van der Waals surface area (Å²) in [5.41, 5.74) is 5.90. The summed E-state index contributed by atoms with van der Waals surface area (Å²) in [4.78, 5) is 34.8. The number of thiocarbonyl (C=S) groups is 1. The minimum Gasteiger partial charge on any atom is -0.484 e. The first-order chi connectivity index (χ1) is 13.3. The van der Waals surface area contributed by atoms with Gasteiger partial charge in [-0.2, -0.15) is 0 Å². The van der Waals surface area contributed by atoms with Crippen molar-refractivity contribution in [1.82, 2.24) is 16.2 Å². The Balaban J connectivity index is 2.22. The molecule has 1 aromatic carbocycles. The molecule has 0 aliphatic heterocycles. The van der Waals surface area contributed by atoms with E-state index in [0.29, 0.717) is 18.3 Å². The number of carbonyl (C=O) groups is 3. The minimum absolute atomic E-state index is 0.0375. The van der Waals surface area contributed by atoms with Crippen molar-refractivity contribution in [3.05, 3.63) is 29.8 Å². The molecule has 0 saturated heterocycles. The number of amides is 2. The number of esters is 1. The maximum atomic E-state index is 11.8. The lowest BCUT2D eigenvalue weighted by Gasteiger charge is -2.12. The van der Waals surface area contributed by atoms with Gasteiger partial charge in [0.2, 0.25) is 5.91 Å². The highest BCUT2D eigenvalue weighted by Crippen LogP contribution is 2.18. The van der Waals surface area contributed by atoms with Crippen LogP contribution in [0.25, 0.3) is 0 Å². The third-order valence-corrected chi connectivity index (χ3v) is 3.71. The average molecular weight is 410 g/mol. The van der Waals surface area contributed by atoms with Crippen LogP contribution in [0.3, 0.4) is 0 Å². The van der Waals surface area contributed by atoms with Crippen LogP contribution in [0.2, 0.25) is 0 Å². The quantitative estimate of drug-likeness (QED) is 0.325. The van der Waals surface area contributed by atoms with Crippen molar-refractivity contribution in [1.29, 1.82) is 0 Å². The normalized spacial score (nSPS) is 10.1. The van der Waals surface area contributed by atoms with Gasteiger partial charge in [-0.15, -0.1) is 0 Å². The summed E-state index contributed by atoms with van der Waals surface area (Å²) < 4.78 is 10.2. The molecule has 1 rings (SSSR count). The molecule has 0 spiro atoms. The third kappa shape index (κ3) is 9.86. The molecule has 0 radical (unpaired) electrons. The molecule has 154 valence electrons. The number of hydrazine groups is 1. The standard InChI is InChI=1S/C19H27N3O5S/c1-4-11-26-18(25)10-9-16(23)20-19(28)22-21-17(24)12-27-15-7-5-14(6-8-15)13(2)3/h5-8,13H,4,9-12H2,1-3H3,(H,21,24)(H2,20,22,23,28). The van der Waals surface area contributed by atoms with Crippen molar-refractivity contribution in [2.75, 3.05) is 13.2 Å². The Morgan fingerprint density at radius 3 is 2.32 bits per heavy atom. The fraction of sp³-hybridized carbons (Fsp3) is 0.474. The molecule has 0 bridgehead atoms. The van der Waals surface area contributed by atoms with E-state index >= 15 is 0 Å². The van der Waals surface area contributed by atoms with Crippen LogP contribution in [-0.4, -0.2) is 36.1 Å². The predicted molar refractivity (Wildman–Crippen MR) is 109 cm³/mol. The number of nitrogens with one attached hydrogen (secondary N) is 3. The molecule has 1 aromatic rings. The van der Waals surface area contributed by atoms with Crippen molar-refractivity contribution in [2.24, 2.45) is 0 Å². The fourth-order valence-corrected chi connectivity index (χ4v) is 2.15. The second kappa shape index (κ2) is 12.7. The van der Waals surface area contributed by atoms with Crippen LogP contribution < -0.4 is 20.9 Å². The predicted octanol–water partition coefficient (Wildman–Crippen LogP) is 1.94. The van der Waals surface area contributed by atoms with Crippen LogP contribution in [0.5, 0.6) is 5.75 Å². The van der Waals surface area contributed by atoms with E-state index in [2.05, 4.69) is 30.0 Å². The van der Waals surface area contributed by atoms with Gasteiger partial charge in [-0.05, 0) is 42.3 Å². The molecule has 0 aliphatic carbocycles. The van der Waals surface area contributed by atoms with E-state index in [1.807, 2.05) is 19.1 Å². The molecule has 0 atom stereocenters. The van der Waals surface area contributed by atoms with Gasteiger partial charge in [-0.25, -0.2) is 0 Å². The van der Waals surface area contributed by atoms with Crippen molar-refractivity contribution in [3.63, 3.8) is 0 Å². The van der Waals surface area contributed by atoms with Crippen LogP contribution in [0.15, 0.2) is 24.3 Å². The first kappa shape index (κ1) is 23.4. The Bertz CT molecular complexity index is 677. The zero-order chi connectivity index (χ0) is 20.9. The molecule has 2 amide bonds. The molecule has 0 aromatic heterocycles. The summed E-state index contributed by atoms with van der Waals surface area (Å²) in [6.45, 7) is 6.18. The summed E-state index contributed by atoms with van der Waals surface area (Å²) >= 11 is 4.90. The van der Waals surface area contributed by atoms with Gasteiger partial charge in [-0.1, -0.05) is 32.9 Å². The van der Waals surface area contributed by atoms with Gasteiger partial charge in [-0.3, -0.25) is 25.2 Å².